The van der Waals surface area contributed by atoms with Crippen LogP contribution < -0.4 is 0 Å². The average Bonchev–Trinajstić information content (AvgIpc) is 2.61. The minimum Gasteiger partial charge on any atom is -0.481 e. The molecule has 0 radical (unpaired) electrons. The Kier molecular flexibility index (Phi) is 5.88. The molecule has 0 aromatic rings. The fourth-order valence-electron chi connectivity index (χ4n) is 2.15. The molecule has 100 valence electrons. The maximum Gasteiger partial charge on any atom is 0.303 e. The van der Waals surface area contributed by atoms with E-state index in [1.165, 1.54) is 0 Å². The SMILES string of the molecule is CC(C)OCC(O)CN1CCC(CC(=O)O)C1. The second kappa shape index (κ2) is 6.93. The molecule has 0 aliphatic carbocycles. The van der Waals surface area contributed by atoms with Gasteiger partial charge in [0.25, 0.3) is 0 Å². The lowest BCUT2D eigenvalue weighted by Crippen LogP contribution is -2.34. The maximum atomic E-state index is 10.6. The minimum absolute atomic E-state index is 0.128. The normalized spacial score (nSPS) is 23.2. The molecule has 0 aromatic heterocycles. The van der Waals surface area contributed by atoms with Gasteiger partial charge in [-0.25, -0.2) is 0 Å². The van der Waals surface area contributed by atoms with Crippen LogP contribution in [-0.4, -0.2) is 59.5 Å². The predicted molar refractivity (Wildman–Crippen MR) is 63.9 cm³/mol. The number of β-amino-alcohol motifs (C(OH)–C–C–N with tert-alkyl or cyclic N) is 1. The van der Waals surface area contributed by atoms with Gasteiger partial charge in [-0.1, -0.05) is 0 Å². The first kappa shape index (κ1) is 14.4. The number of aliphatic carboxylic acids is 1. The molecular weight excluding hydrogens is 222 g/mol. The lowest BCUT2D eigenvalue weighted by molar-refractivity contribution is -0.138. The summed E-state index contributed by atoms with van der Waals surface area (Å²) in [5.74, 6) is -0.508. The van der Waals surface area contributed by atoms with Crippen LogP contribution in [-0.2, 0) is 9.53 Å². The van der Waals surface area contributed by atoms with E-state index in [0.717, 1.165) is 19.5 Å². The third-order valence-electron chi connectivity index (χ3n) is 2.92. The molecular formula is C12H23NO4. The predicted octanol–water partition coefficient (Wildman–Crippen LogP) is 0.569. The Morgan fingerprint density at radius 1 is 1.53 bits per heavy atom. The van der Waals surface area contributed by atoms with Crippen LogP contribution in [0.4, 0.5) is 0 Å². The average molecular weight is 245 g/mol. The topological polar surface area (TPSA) is 70.0 Å². The molecule has 1 rings (SSSR count). The van der Waals surface area contributed by atoms with Gasteiger partial charge in [0, 0.05) is 19.5 Å². The van der Waals surface area contributed by atoms with Gasteiger partial charge in [-0.2, -0.15) is 0 Å². The van der Waals surface area contributed by atoms with Crippen LogP contribution in [0.2, 0.25) is 0 Å². The van der Waals surface area contributed by atoms with E-state index in [4.69, 9.17) is 9.84 Å². The summed E-state index contributed by atoms with van der Waals surface area (Å²) in [4.78, 5) is 12.7. The Morgan fingerprint density at radius 2 is 2.24 bits per heavy atom. The Hall–Kier alpha value is -0.650. The second-order valence-electron chi connectivity index (χ2n) is 5.05. The Labute approximate surface area is 102 Å². The van der Waals surface area contributed by atoms with Crippen molar-refractivity contribution < 1.29 is 19.7 Å². The first-order valence-corrected chi connectivity index (χ1v) is 6.21. The van der Waals surface area contributed by atoms with E-state index < -0.39 is 12.1 Å². The van der Waals surface area contributed by atoms with E-state index >= 15 is 0 Å². The van der Waals surface area contributed by atoms with E-state index in [1.54, 1.807) is 0 Å². The standard InChI is InChI=1S/C12H23NO4/c1-9(2)17-8-11(14)7-13-4-3-10(6-13)5-12(15)16/h9-11,14H,3-8H2,1-2H3,(H,15,16). The fourth-order valence-corrected chi connectivity index (χ4v) is 2.15. The molecule has 0 aromatic carbocycles. The summed E-state index contributed by atoms with van der Waals surface area (Å²) in [5, 5.41) is 18.4. The number of carbonyl (C=O) groups is 1. The van der Waals surface area contributed by atoms with Gasteiger partial charge in [0.2, 0.25) is 0 Å². The van der Waals surface area contributed by atoms with Crippen molar-refractivity contribution in [2.75, 3.05) is 26.2 Å². The second-order valence-corrected chi connectivity index (χ2v) is 5.05. The third-order valence-corrected chi connectivity index (χ3v) is 2.92. The van der Waals surface area contributed by atoms with E-state index in [2.05, 4.69) is 4.90 Å². The fraction of sp³-hybridized carbons (Fsp3) is 0.917. The number of hydrogen-bond donors (Lipinski definition) is 2. The molecule has 1 aliphatic rings. The summed E-state index contributed by atoms with van der Waals surface area (Å²) >= 11 is 0. The first-order valence-electron chi connectivity index (χ1n) is 6.21. The van der Waals surface area contributed by atoms with Gasteiger partial charge in [-0.15, -0.1) is 0 Å². The zero-order valence-corrected chi connectivity index (χ0v) is 10.6. The van der Waals surface area contributed by atoms with Crippen molar-refractivity contribution in [1.82, 2.24) is 4.90 Å². The van der Waals surface area contributed by atoms with Crippen molar-refractivity contribution in [2.45, 2.75) is 38.9 Å². The zero-order chi connectivity index (χ0) is 12.8. The largest absolute Gasteiger partial charge is 0.481 e. The highest BCUT2D eigenvalue weighted by atomic mass is 16.5. The lowest BCUT2D eigenvalue weighted by atomic mass is 10.1. The maximum absolute atomic E-state index is 10.6. The summed E-state index contributed by atoms with van der Waals surface area (Å²) in [6, 6.07) is 0. The molecule has 1 heterocycles. The molecule has 1 saturated heterocycles. The molecule has 0 amide bonds. The van der Waals surface area contributed by atoms with Crippen molar-refractivity contribution >= 4 is 5.97 Å². The molecule has 0 saturated carbocycles. The monoisotopic (exact) mass is 245 g/mol. The molecule has 2 N–H and O–H groups in total. The Balaban J connectivity index is 2.18. The van der Waals surface area contributed by atoms with E-state index in [-0.39, 0.29) is 18.4 Å². The van der Waals surface area contributed by atoms with Crippen LogP contribution in [0.5, 0.6) is 0 Å². The first-order chi connectivity index (χ1) is 7.97. The number of carboxylic acids is 1. The molecule has 1 fully saturated rings. The van der Waals surface area contributed by atoms with Crippen molar-refractivity contribution in [3.8, 4) is 0 Å². The molecule has 2 atom stereocenters. The van der Waals surface area contributed by atoms with Crippen molar-refractivity contribution in [3.63, 3.8) is 0 Å². The molecule has 1 aliphatic heterocycles. The van der Waals surface area contributed by atoms with Gasteiger partial charge < -0.3 is 19.8 Å². The number of hydrogen-bond acceptors (Lipinski definition) is 4. The molecule has 2 unspecified atom stereocenters. The van der Waals surface area contributed by atoms with Crippen molar-refractivity contribution in [1.29, 1.82) is 0 Å². The smallest absolute Gasteiger partial charge is 0.303 e. The summed E-state index contributed by atoms with van der Waals surface area (Å²) in [6.45, 7) is 6.43. The Morgan fingerprint density at radius 3 is 2.82 bits per heavy atom. The van der Waals surface area contributed by atoms with Gasteiger partial charge in [0.1, 0.15) is 0 Å². The number of aliphatic hydroxyl groups is 1. The van der Waals surface area contributed by atoms with Gasteiger partial charge >= 0.3 is 5.97 Å². The van der Waals surface area contributed by atoms with Crippen LogP contribution >= 0.6 is 0 Å². The van der Waals surface area contributed by atoms with Gasteiger partial charge in [-0.05, 0) is 32.7 Å². The van der Waals surface area contributed by atoms with Gasteiger partial charge in [-0.3, -0.25) is 4.79 Å². The van der Waals surface area contributed by atoms with Crippen molar-refractivity contribution in [3.05, 3.63) is 0 Å². The van der Waals surface area contributed by atoms with Crippen LogP contribution in [0.25, 0.3) is 0 Å². The number of ether oxygens (including phenoxy) is 1. The Bertz CT molecular complexity index is 245. The van der Waals surface area contributed by atoms with Crippen LogP contribution in [0.3, 0.4) is 0 Å². The van der Waals surface area contributed by atoms with E-state index in [0.29, 0.717) is 13.2 Å². The summed E-state index contributed by atoms with van der Waals surface area (Å²) < 4.78 is 5.33. The summed E-state index contributed by atoms with van der Waals surface area (Å²) in [6.07, 6.45) is 0.781. The lowest BCUT2D eigenvalue weighted by Gasteiger charge is -2.20. The highest BCUT2D eigenvalue weighted by Gasteiger charge is 2.25. The number of likely N-dealkylation sites (tertiary alicyclic amines) is 1. The number of carboxylic acid groups (broad SMARTS) is 1. The van der Waals surface area contributed by atoms with Crippen LogP contribution in [0.15, 0.2) is 0 Å². The molecule has 0 bridgehead atoms. The van der Waals surface area contributed by atoms with E-state index in [9.17, 15) is 9.90 Å². The minimum atomic E-state index is -0.736. The van der Waals surface area contributed by atoms with Crippen molar-refractivity contribution in [2.24, 2.45) is 5.92 Å². The van der Waals surface area contributed by atoms with Crippen LogP contribution in [0.1, 0.15) is 26.7 Å². The van der Waals surface area contributed by atoms with Gasteiger partial charge in [0.15, 0.2) is 0 Å². The molecule has 0 spiro atoms. The molecule has 5 heteroatoms. The summed E-state index contributed by atoms with van der Waals surface area (Å²) in [5.41, 5.74) is 0. The number of nitrogens with zero attached hydrogens (tertiary/aromatic N) is 1. The molecule has 17 heavy (non-hydrogen) atoms. The van der Waals surface area contributed by atoms with Gasteiger partial charge in [0.05, 0.1) is 18.8 Å². The highest BCUT2D eigenvalue weighted by molar-refractivity contribution is 5.67. The zero-order valence-electron chi connectivity index (χ0n) is 10.6. The van der Waals surface area contributed by atoms with E-state index in [1.807, 2.05) is 13.8 Å². The third kappa shape index (κ3) is 6.00. The van der Waals surface area contributed by atoms with Crippen LogP contribution in [0, 0.1) is 5.92 Å². The quantitative estimate of drug-likeness (QED) is 0.686. The highest BCUT2D eigenvalue weighted by Crippen LogP contribution is 2.19. The molecule has 5 nitrogen and oxygen atoms in total. The summed E-state index contributed by atoms with van der Waals surface area (Å²) in [7, 11) is 0. The number of aliphatic hydroxyl groups excluding tert-OH is 1. The number of rotatable bonds is 7.